The number of oxime groups is 1. The van der Waals surface area contributed by atoms with Gasteiger partial charge in [-0.15, -0.1) is 0 Å². The van der Waals surface area contributed by atoms with Gasteiger partial charge in [0.1, 0.15) is 0 Å². The molecule has 0 bridgehead atoms. The summed E-state index contributed by atoms with van der Waals surface area (Å²) in [7, 11) is 1.44. The highest BCUT2D eigenvalue weighted by molar-refractivity contribution is 5.95. The highest BCUT2D eigenvalue weighted by atomic mass is 16.5. The van der Waals surface area contributed by atoms with Crippen molar-refractivity contribution in [2.75, 3.05) is 7.11 Å². The lowest BCUT2D eigenvalue weighted by atomic mass is 10.2. The van der Waals surface area contributed by atoms with Crippen molar-refractivity contribution in [1.29, 1.82) is 0 Å². The number of hydrogen-bond acceptors (Lipinski definition) is 7. The van der Waals surface area contributed by atoms with Gasteiger partial charge in [-0.2, -0.15) is 5.10 Å². The molecule has 0 saturated heterocycles. The first-order valence-corrected chi connectivity index (χ1v) is 6.48. The molecule has 2 aromatic rings. The van der Waals surface area contributed by atoms with E-state index in [-0.39, 0.29) is 5.75 Å². The Hall–Kier alpha value is -3.42. The van der Waals surface area contributed by atoms with Crippen LogP contribution in [-0.2, 0) is 0 Å². The van der Waals surface area contributed by atoms with Gasteiger partial charge in [0.25, 0.3) is 5.91 Å². The number of benzene rings is 1. The third kappa shape index (κ3) is 4.27. The normalized spacial score (nSPS) is 11.0. The van der Waals surface area contributed by atoms with Gasteiger partial charge in [-0.05, 0) is 35.9 Å². The van der Waals surface area contributed by atoms with Crippen molar-refractivity contribution in [3.05, 3.63) is 53.3 Å². The van der Waals surface area contributed by atoms with Gasteiger partial charge in [-0.1, -0.05) is 5.16 Å². The van der Waals surface area contributed by atoms with Crippen molar-refractivity contribution in [2.45, 2.75) is 0 Å². The fraction of sp³-hybridized carbons (Fsp3) is 0.0667. The summed E-state index contributed by atoms with van der Waals surface area (Å²) in [5.41, 5.74) is 3.73. The first-order chi connectivity index (χ1) is 11.1. The first-order valence-electron chi connectivity index (χ1n) is 6.48. The minimum atomic E-state index is -0.438. The van der Waals surface area contributed by atoms with E-state index < -0.39 is 5.91 Å². The van der Waals surface area contributed by atoms with Gasteiger partial charge in [-0.25, -0.2) is 5.43 Å². The van der Waals surface area contributed by atoms with Crippen LogP contribution in [0.25, 0.3) is 0 Å². The topological polar surface area (TPSA) is 116 Å². The summed E-state index contributed by atoms with van der Waals surface area (Å²) in [5.74, 6) is -0.108. The van der Waals surface area contributed by atoms with Crippen LogP contribution in [-0.4, -0.2) is 40.7 Å². The van der Waals surface area contributed by atoms with E-state index in [1.165, 1.54) is 37.7 Å². The number of phenolic OH excluding ortho intramolecular Hbond substituents is 1. The Bertz CT molecular complexity index is 742. The van der Waals surface area contributed by atoms with Crippen molar-refractivity contribution in [3.8, 4) is 11.5 Å². The smallest absolute Gasteiger partial charge is 0.272 e. The molecule has 0 unspecified atom stereocenters. The first kappa shape index (κ1) is 16.0. The Labute approximate surface area is 131 Å². The van der Waals surface area contributed by atoms with Crippen LogP contribution in [0.1, 0.15) is 21.6 Å². The predicted molar refractivity (Wildman–Crippen MR) is 83.3 cm³/mol. The lowest BCUT2D eigenvalue weighted by Gasteiger charge is -2.03. The molecule has 1 amide bonds. The average Bonchev–Trinajstić information content (AvgIpc) is 2.57. The number of amides is 1. The van der Waals surface area contributed by atoms with Gasteiger partial charge in [0, 0.05) is 6.20 Å². The number of nitrogens with one attached hydrogen (secondary N) is 1. The standard InChI is InChI=1S/C15H14N4O4/c1-23-14-6-10(2-5-13(14)20)7-17-19-15(21)11-3-4-12(9-18-22)16-8-11/h2-9,20,22H,1H3,(H,19,21)/b17-7+,18-9+. The van der Waals surface area contributed by atoms with Crippen LogP contribution in [0.3, 0.4) is 0 Å². The number of ether oxygens (including phenoxy) is 1. The Morgan fingerprint density at radius 1 is 1.30 bits per heavy atom. The molecule has 1 heterocycles. The van der Waals surface area contributed by atoms with E-state index in [4.69, 9.17) is 9.94 Å². The van der Waals surface area contributed by atoms with Gasteiger partial charge in [0.15, 0.2) is 11.5 Å². The number of carbonyl (C=O) groups excluding carboxylic acids is 1. The molecule has 118 valence electrons. The van der Waals surface area contributed by atoms with E-state index in [0.717, 1.165) is 6.21 Å². The van der Waals surface area contributed by atoms with Crippen molar-refractivity contribution in [2.24, 2.45) is 10.3 Å². The zero-order chi connectivity index (χ0) is 16.7. The highest BCUT2D eigenvalue weighted by Gasteiger charge is 2.05. The second-order valence-electron chi connectivity index (χ2n) is 4.35. The summed E-state index contributed by atoms with van der Waals surface area (Å²) >= 11 is 0. The maximum Gasteiger partial charge on any atom is 0.272 e. The zero-order valence-corrected chi connectivity index (χ0v) is 12.2. The van der Waals surface area contributed by atoms with Crippen LogP contribution in [0.15, 0.2) is 46.8 Å². The van der Waals surface area contributed by atoms with Gasteiger partial charge in [-0.3, -0.25) is 9.78 Å². The lowest BCUT2D eigenvalue weighted by molar-refractivity contribution is 0.0955. The second-order valence-corrected chi connectivity index (χ2v) is 4.35. The number of phenols is 1. The number of aromatic hydroxyl groups is 1. The number of aromatic nitrogens is 1. The van der Waals surface area contributed by atoms with Crippen molar-refractivity contribution < 1.29 is 19.8 Å². The molecule has 1 aromatic heterocycles. The molecule has 23 heavy (non-hydrogen) atoms. The number of carbonyl (C=O) groups is 1. The zero-order valence-electron chi connectivity index (χ0n) is 12.2. The fourth-order valence-corrected chi connectivity index (χ4v) is 1.68. The molecule has 0 radical (unpaired) electrons. The van der Waals surface area contributed by atoms with Crippen LogP contribution in [0, 0.1) is 0 Å². The van der Waals surface area contributed by atoms with Gasteiger partial charge in [0.05, 0.1) is 30.8 Å². The number of nitrogens with zero attached hydrogens (tertiary/aromatic N) is 3. The minimum absolute atomic E-state index is 0.0197. The Balaban J connectivity index is 2.00. The molecule has 0 aliphatic rings. The van der Waals surface area contributed by atoms with Gasteiger partial charge < -0.3 is 15.1 Å². The largest absolute Gasteiger partial charge is 0.504 e. The number of hydrogen-bond donors (Lipinski definition) is 3. The molecule has 0 fully saturated rings. The van der Waals surface area contributed by atoms with E-state index in [1.807, 2.05) is 0 Å². The summed E-state index contributed by atoms with van der Waals surface area (Å²) in [6.45, 7) is 0. The number of pyridine rings is 1. The van der Waals surface area contributed by atoms with Crippen molar-refractivity contribution in [1.82, 2.24) is 10.4 Å². The van der Waals surface area contributed by atoms with E-state index in [0.29, 0.717) is 22.6 Å². The summed E-state index contributed by atoms with van der Waals surface area (Å²) < 4.78 is 4.98. The Kier molecular flexibility index (Phi) is 5.24. The molecule has 0 spiro atoms. The van der Waals surface area contributed by atoms with Gasteiger partial charge >= 0.3 is 0 Å². The molecular formula is C15H14N4O4. The maximum absolute atomic E-state index is 11.9. The quantitative estimate of drug-likeness (QED) is 0.438. The molecule has 1 aromatic carbocycles. The van der Waals surface area contributed by atoms with E-state index in [1.54, 1.807) is 12.1 Å². The molecule has 0 aliphatic heterocycles. The molecule has 0 aliphatic carbocycles. The van der Waals surface area contributed by atoms with Crippen LogP contribution in [0.4, 0.5) is 0 Å². The summed E-state index contributed by atoms with van der Waals surface area (Å²) in [6, 6.07) is 7.72. The van der Waals surface area contributed by atoms with Crippen molar-refractivity contribution in [3.63, 3.8) is 0 Å². The molecule has 0 saturated carbocycles. The predicted octanol–water partition coefficient (Wildman–Crippen LogP) is 1.37. The minimum Gasteiger partial charge on any atom is -0.504 e. The Morgan fingerprint density at radius 2 is 2.13 bits per heavy atom. The van der Waals surface area contributed by atoms with E-state index in [9.17, 15) is 9.90 Å². The Morgan fingerprint density at radius 3 is 2.78 bits per heavy atom. The lowest BCUT2D eigenvalue weighted by Crippen LogP contribution is -2.17. The molecule has 8 nitrogen and oxygen atoms in total. The third-order valence-electron chi connectivity index (χ3n) is 2.82. The SMILES string of the molecule is COc1cc(/C=N/NC(=O)c2ccc(/C=N/O)nc2)ccc1O. The maximum atomic E-state index is 11.9. The highest BCUT2D eigenvalue weighted by Crippen LogP contribution is 2.25. The number of hydrazone groups is 1. The van der Waals surface area contributed by atoms with Gasteiger partial charge in [0.2, 0.25) is 0 Å². The van der Waals surface area contributed by atoms with Crippen LogP contribution in [0.2, 0.25) is 0 Å². The fourth-order valence-electron chi connectivity index (χ4n) is 1.68. The third-order valence-corrected chi connectivity index (χ3v) is 2.82. The molecule has 8 heteroatoms. The van der Waals surface area contributed by atoms with Crippen LogP contribution < -0.4 is 10.2 Å². The van der Waals surface area contributed by atoms with E-state index in [2.05, 4.69) is 20.7 Å². The molecular weight excluding hydrogens is 300 g/mol. The molecule has 2 rings (SSSR count). The van der Waals surface area contributed by atoms with Crippen molar-refractivity contribution >= 4 is 18.3 Å². The number of rotatable bonds is 5. The van der Waals surface area contributed by atoms with Crippen LogP contribution >= 0.6 is 0 Å². The second kappa shape index (κ2) is 7.55. The average molecular weight is 314 g/mol. The molecule has 0 atom stereocenters. The van der Waals surface area contributed by atoms with E-state index >= 15 is 0 Å². The van der Waals surface area contributed by atoms with Crippen LogP contribution in [0.5, 0.6) is 11.5 Å². The molecule has 3 N–H and O–H groups in total. The summed E-state index contributed by atoms with van der Waals surface area (Å²) in [5, 5.41) is 24.5. The number of methoxy groups -OCH3 is 1. The summed E-state index contributed by atoms with van der Waals surface area (Å²) in [6.07, 6.45) is 3.91. The monoisotopic (exact) mass is 314 g/mol. The summed E-state index contributed by atoms with van der Waals surface area (Å²) in [4.78, 5) is 15.8.